The van der Waals surface area contributed by atoms with Crippen LogP contribution in [0.1, 0.15) is 12.8 Å². The third kappa shape index (κ3) is 3.94. The number of benzene rings is 1. The Hall–Kier alpha value is -0.630. The fourth-order valence-corrected chi connectivity index (χ4v) is 3.15. The molecule has 1 saturated carbocycles. The number of rotatable bonds is 7. The van der Waals surface area contributed by atoms with Gasteiger partial charge in [-0.1, -0.05) is 0 Å². The molecule has 0 amide bonds. The van der Waals surface area contributed by atoms with Crippen LogP contribution in [0.15, 0.2) is 27.6 Å². The minimum atomic E-state index is -3.51. The van der Waals surface area contributed by atoms with Crippen molar-refractivity contribution in [3.63, 3.8) is 0 Å². The molecule has 0 unspecified atom stereocenters. The fourth-order valence-electron chi connectivity index (χ4n) is 1.71. The number of likely N-dealkylation sites (N-methyl/N-ethyl adjacent to an activating group) is 1. The van der Waals surface area contributed by atoms with Gasteiger partial charge in [-0.25, -0.2) is 8.42 Å². The van der Waals surface area contributed by atoms with Gasteiger partial charge in [-0.2, -0.15) is 4.31 Å². The summed E-state index contributed by atoms with van der Waals surface area (Å²) < 4.78 is 32.1. The first-order valence-electron chi connectivity index (χ1n) is 6.50. The summed E-state index contributed by atoms with van der Waals surface area (Å²) in [6.07, 6.45) is 2.46. The number of nitrogens with two attached hydrogens (primary N) is 1. The van der Waals surface area contributed by atoms with Crippen LogP contribution in [-0.2, 0) is 14.8 Å². The zero-order valence-electron chi connectivity index (χ0n) is 11.4. The van der Waals surface area contributed by atoms with E-state index >= 15 is 0 Å². The molecule has 0 heterocycles. The van der Waals surface area contributed by atoms with E-state index in [-0.39, 0.29) is 4.90 Å². The number of ether oxygens (including phenoxy) is 1. The van der Waals surface area contributed by atoms with E-state index in [1.807, 2.05) is 0 Å². The quantitative estimate of drug-likeness (QED) is 0.595. The summed E-state index contributed by atoms with van der Waals surface area (Å²) >= 11 is 3.25. The molecule has 1 aliphatic rings. The summed E-state index contributed by atoms with van der Waals surface area (Å²) in [5, 5.41) is 0. The SMILES string of the molecule is CN(CCOCC1CC1)S(=O)(=O)c1ccc(Br)c(N)c1. The molecule has 1 aliphatic carbocycles. The number of nitrogens with zero attached hydrogens (tertiary/aromatic N) is 1. The number of halogens is 1. The molecule has 0 atom stereocenters. The molecule has 0 spiro atoms. The van der Waals surface area contributed by atoms with Gasteiger partial charge in [0.25, 0.3) is 0 Å². The van der Waals surface area contributed by atoms with Gasteiger partial charge in [0.1, 0.15) is 0 Å². The van der Waals surface area contributed by atoms with Crippen LogP contribution in [0.25, 0.3) is 0 Å². The molecule has 112 valence electrons. The van der Waals surface area contributed by atoms with Crippen LogP contribution in [0.3, 0.4) is 0 Å². The van der Waals surface area contributed by atoms with Crippen LogP contribution < -0.4 is 5.73 Å². The molecular formula is C13H19BrN2O3S. The average Bonchev–Trinajstić information content (AvgIpc) is 3.21. The van der Waals surface area contributed by atoms with Crippen molar-refractivity contribution < 1.29 is 13.2 Å². The largest absolute Gasteiger partial charge is 0.398 e. The molecule has 1 aromatic rings. The maximum Gasteiger partial charge on any atom is 0.242 e. The highest BCUT2D eigenvalue weighted by molar-refractivity contribution is 9.10. The standard InChI is InChI=1S/C13H19BrN2O3S/c1-16(6-7-19-9-10-2-3-10)20(17,18)11-4-5-12(14)13(15)8-11/h4-5,8,10H,2-3,6-7,9,15H2,1H3. The lowest BCUT2D eigenvalue weighted by molar-refractivity contribution is 0.117. The Morgan fingerprint density at radius 1 is 1.45 bits per heavy atom. The first-order chi connectivity index (χ1) is 9.41. The van der Waals surface area contributed by atoms with Gasteiger partial charge < -0.3 is 10.5 Å². The smallest absolute Gasteiger partial charge is 0.242 e. The van der Waals surface area contributed by atoms with Crippen molar-refractivity contribution in [2.75, 3.05) is 32.5 Å². The first-order valence-corrected chi connectivity index (χ1v) is 8.73. The highest BCUT2D eigenvalue weighted by Crippen LogP contribution is 2.28. The summed E-state index contributed by atoms with van der Waals surface area (Å²) in [5.41, 5.74) is 6.13. The second kappa shape index (κ2) is 6.43. The second-order valence-corrected chi connectivity index (χ2v) is 7.93. The Kier molecular flexibility index (Phi) is 5.06. The van der Waals surface area contributed by atoms with Crippen LogP contribution in [0, 0.1) is 5.92 Å². The van der Waals surface area contributed by atoms with Gasteiger partial charge in [0.2, 0.25) is 10.0 Å². The highest BCUT2D eigenvalue weighted by Gasteiger charge is 2.23. The lowest BCUT2D eigenvalue weighted by Gasteiger charge is -2.17. The molecule has 1 fully saturated rings. The Morgan fingerprint density at radius 3 is 2.75 bits per heavy atom. The summed E-state index contributed by atoms with van der Waals surface area (Å²) in [7, 11) is -1.96. The van der Waals surface area contributed by atoms with Crippen LogP contribution in [0.4, 0.5) is 5.69 Å². The van der Waals surface area contributed by atoms with Gasteiger partial charge >= 0.3 is 0 Å². The Balaban J connectivity index is 1.94. The summed E-state index contributed by atoms with van der Waals surface area (Å²) in [6.45, 7) is 1.49. The number of hydrogen-bond donors (Lipinski definition) is 1. The summed E-state index contributed by atoms with van der Waals surface area (Å²) in [5.74, 6) is 0.684. The van der Waals surface area contributed by atoms with E-state index in [4.69, 9.17) is 10.5 Å². The van der Waals surface area contributed by atoms with E-state index in [2.05, 4.69) is 15.9 Å². The number of anilines is 1. The molecule has 20 heavy (non-hydrogen) atoms. The van der Waals surface area contributed by atoms with E-state index in [1.165, 1.54) is 29.3 Å². The highest BCUT2D eigenvalue weighted by atomic mass is 79.9. The van der Waals surface area contributed by atoms with E-state index in [0.29, 0.717) is 29.2 Å². The Morgan fingerprint density at radius 2 is 2.15 bits per heavy atom. The maximum atomic E-state index is 12.3. The van der Waals surface area contributed by atoms with E-state index in [0.717, 1.165) is 6.61 Å². The van der Waals surface area contributed by atoms with Crippen LogP contribution in [-0.4, -0.2) is 39.5 Å². The van der Waals surface area contributed by atoms with Crippen LogP contribution in [0.2, 0.25) is 0 Å². The molecule has 5 nitrogen and oxygen atoms in total. The second-order valence-electron chi connectivity index (χ2n) is 5.03. The fraction of sp³-hybridized carbons (Fsp3) is 0.538. The number of nitrogen functional groups attached to an aromatic ring is 1. The van der Waals surface area contributed by atoms with E-state index < -0.39 is 10.0 Å². The Bertz CT molecular complexity index is 573. The number of sulfonamides is 1. The van der Waals surface area contributed by atoms with Crippen LogP contribution >= 0.6 is 15.9 Å². The molecule has 1 aromatic carbocycles. The van der Waals surface area contributed by atoms with Crippen molar-refractivity contribution in [1.29, 1.82) is 0 Å². The van der Waals surface area contributed by atoms with Gasteiger partial charge in [-0.05, 0) is 52.9 Å². The van der Waals surface area contributed by atoms with Gasteiger partial charge in [0.05, 0.1) is 11.5 Å². The molecule has 0 radical (unpaired) electrons. The molecule has 0 aliphatic heterocycles. The van der Waals surface area contributed by atoms with Gasteiger partial charge in [0.15, 0.2) is 0 Å². The monoisotopic (exact) mass is 362 g/mol. The molecule has 0 bridgehead atoms. The predicted octanol–water partition coefficient (Wildman–Crippen LogP) is 2.08. The van der Waals surface area contributed by atoms with Gasteiger partial charge in [-0.3, -0.25) is 0 Å². The maximum absolute atomic E-state index is 12.3. The predicted molar refractivity (Wildman–Crippen MR) is 81.9 cm³/mol. The van der Waals surface area contributed by atoms with E-state index in [1.54, 1.807) is 13.1 Å². The molecule has 2 N–H and O–H groups in total. The summed E-state index contributed by atoms with van der Waals surface area (Å²) in [4.78, 5) is 0.197. The average molecular weight is 363 g/mol. The minimum absolute atomic E-state index is 0.197. The van der Waals surface area contributed by atoms with Gasteiger partial charge in [-0.15, -0.1) is 0 Å². The lowest BCUT2D eigenvalue weighted by atomic mass is 10.3. The Labute approximate surface area is 128 Å². The lowest BCUT2D eigenvalue weighted by Crippen LogP contribution is -2.30. The van der Waals surface area contributed by atoms with E-state index in [9.17, 15) is 8.42 Å². The third-order valence-electron chi connectivity index (χ3n) is 3.28. The molecule has 2 rings (SSSR count). The zero-order valence-corrected chi connectivity index (χ0v) is 13.8. The van der Waals surface area contributed by atoms with Crippen molar-refractivity contribution in [3.8, 4) is 0 Å². The topological polar surface area (TPSA) is 72.6 Å². The molecule has 7 heteroatoms. The van der Waals surface area contributed by atoms with Gasteiger partial charge in [0, 0.05) is 30.4 Å². The third-order valence-corrected chi connectivity index (χ3v) is 5.85. The molecule has 0 aromatic heterocycles. The number of hydrogen-bond acceptors (Lipinski definition) is 4. The minimum Gasteiger partial charge on any atom is -0.398 e. The summed E-state index contributed by atoms with van der Waals surface area (Å²) in [6, 6.07) is 4.64. The van der Waals surface area contributed by atoms with Crippen molar-refractivity contribution in [2.45, 2.75) is 17.7 Å². The van der Waals surface area contributed by atoms with Crippen molar-refractivity contribution in [2.24, 2.45) is 5.92 Å². The molecular weight excluding hydrogens is 344 g/mol. The van der Waals surface area contributed by atoms with Crippen molar-refractivity contribution >= 4 is 31.6 Å². The van der Waals surface area contributed by atoms with Crippen molar-refractivity contribution in [1.82, 2.24) is 4.31 Å². The molecule has 0 saturated heterocycles. The normalized spacial score (nSPS) is 15.8. The van der Waals surface area contributed by atoms with Crippen LogP contribution in [0.5, 0.6) is 0 Å². The zero-order chi connectivity index (χ0) is 14.8. The van der Waals surface area contributed by atoms with Crippen molar-refractivity contribution in [3.05, 3.63) is 22.7 Å². The first kappa shape index (κ1) is 15.8.